The fourth-order valence-corrected chi connectivity index (χ4v) is 2.37. The molecule has 1 fully saturated rings. The van der Waals surface area contributed by atoms with Crippen molar-refractivity contribution in [2.45, 2.75) is 26.2 Å². The van der Waals surface area contributed by atoms with Gasteiger partial charge in [0.1, 0.15) is 0 Å². The van der Waals surface area contributed by atoms with Crippen LogP contribution in [0.2, 0.25) is 5.15 Å². The lowest BCUT2D eigenvalue weighted by molar-refractivity contribution is 0.530. The SMILES string of the molecule is CCCC1CCN(c2cnnc(Cl)c2)C1. The van der Waals surface area contributed by atoms with E-state index in [4.69, 9.17) is 11.6 Å². The summed E-state index contributed by atoms with van der Waals surface area (Å²) in [5, 5.41) is 8.11. The van der Waals surface area contributed by atoms with Crippen LogP contribution in [-0.4, -0.2) is 23.3 Å². The van der Waals surface area contributed by atoms with E-state index in [1.165, 1.54) is 19.3 Å². The molecule has 2 rings (SSSR count). The summed E-state index contributed by atoms with van der Waals surface area (Å²) in [5.74, 6) is 0.835. The van der Waals surface area contributed by atoms with Crippen LogP contribution in [-0.2, 0) is 0 Å². The van der Waals surface area contributed by atoms with E-state index in [2.05, 4.69) is 22.0 Å². The molecule has 3 nitrogen and oxygen atoms in total. The molecule has 1 atom stereocenters. The Bertz CT molecular complexity index is 329. The summed E-state index contributed by atoms with van der Waals surface area (Å²) in [5.41, 5.74) is 1.11. The van der Waals surface area contributed by atoms with Gasteiger partial charge in [-0.3, -0.25) is 0 Å². The topological polar surface area (TPSA) is 29.0 Å². The van der Waals surface area contributed by atoms with Gasteiger partial charge in [-0.2, -0.15) is 5.10 Å². The Balaban J connectivity index is 2.01. The number of anilines is 1. The Labute approximate surface area is 95.5 Å². The van der Waals surface area contributed by atoms with E-state index in [0.29, 0.717) is 5.15 Å². The lowest BCUT2D eigenvalue weighted by atomic mass is 10.0. The second kappa shape index (κ2) is 4.79. The van der Waals surface area contributed by atoms with Gasteiger partial charge in [-0.25, -0.2) is 0 Å². The minimum Gasteiger partial charge on any atom is -0.370 e. The van der Waals surface area contributed by atoms with Gasteiger partial charge in [-0.15, -0.1) is 5.10 Å². The largest absolute Gasteiger partial charge is 0.370 e. The molecular weight excluding hydrogens is 210 g/mol. The Morgan fingerprint density at radius 3 is 3.20 bits per heavy atom. The van der Waals surface area contributed by atoms with Crippen LogP contribution in [0.25, 0.3) is 0 Å². The van der Waals surface area contributed by atoms with Crippen molar-refractivity contribution < 1.29 is 0 Å². The molecule has 1 aromatic rings. The minimum atomic E-state index is 0.478. The van der Waals surface area contributed by atoms with Crippen LogP contribution in [0.15, 0.2) is 12.3 Å². The molecule has 1 aliphatic heterocycles. The fourth-order valence-electron chi connectivity index (χ4n) is 2.22. The molecule has 15 heavy (non-hydrogen) atoms. The second-order valence-electron chi connectivity index (χ2n) is 4.13. The van der Waals surface area contributed by atoms with Gasteiger partial charge in [0, 0.05) is 19.2 Å². The van der Waals surface area contributed by atoms with Crippen LogP contribution in [0.1, 0.15) is 26.2 Å². The predicted octanol–water partition coefficient (Wildman–Crippen LogP) is 2.76. The van der Waals surface area contributed by atoms with Crippen LogP contribution < -0.4 is 4.90 Å². The van der Waals surface area contributed by atoms with Crippen LogP contribution in [0, 0.1) is 5.92 Å². The van der Waals surface area contributed by atoms with E-state index in [0.717, 1.165) is 24.7 Å². The first kappa shape index (κ1) is 10.7. The summed E-state index contributed by atoms with van der Waals surface area (Å²) < 4.78 is 0. The summed E-state index contributed by atoms with van der Waals surface area (Å²) in [4.78, 5) is 2.35. The minimum absolute atomic E-state index is 0.478. The second-order valence-corrected chi connectivity index (χ2v) is 4.51. The van der Waals surface area contributed by atoms with Gasteiger partial charge in [-0.05, 0) is 18.8 Å². The maximum absolute atomic E-state index is 5.82. The monoisotopic (exact) mass is 225 g/mol. The van der Waals surface area contributed by atoms with Crippen molar-refractivity contribution in [2.75, 3.05) is 18.0 Å². The van der Waals surface area contributed by atoms with Crippen molar-refractivity contribution in [3.8, 4) is 0 Å². The standard InChI is InChI=1S/C11H16ClN3/c1-2-3-9-4-5-15(8-9)10-6-11(12)14-13-7-10/h6-7,9H,2-5,8H2,1H3. The molecule has 1 aliphatic rings. The zero-order valence-electron chi connectivity index (χ0n) is 8.99. The van der Waals surface area contributed by atoms with Crippen molar-refractivity contribution in [1.29, 1.82) is 0 Å². The zero-order chi connectivity index (χ0) is 10.7. The Morgan fingerprint density at radius 2 is 2.47 bits per heavy atom. The normalized spacial score (nSPS) is 20.9. The van der Waals surface area contributed by atoms with Crippen molar-refractivity contribution in [3.63, 3.8) is 0 Å². The van der Waals surface area contributed by atoms with Gasteiger partial charge in [0.2, 0.25) is 0 Å². The van der Waals surface area contributed by atoms with Gasteiger partial charge < -0.3 is 4.90 Å². The number of hydrogen-bond donors (Lipinski definition) is 0. The predicted molar refractivity (Wildman–Crippen MR) is 62.3 cm³/mol. The van der Waals surface area contributed by atoms with E-state index in [1.54, 1.807) is 6.20 Å². The Morgan fingerprint density at radius 1 is 1.60 bits per heavy atom. The molecule has 1 saturated heterocycles. The molecular formula is C11H16ClN3. The molecule has 0 spiro atoms. The van der Waals surface area contributed by atoms with E-state index < -0.39 is 0 Å². The van der Waals surface area contributed by atoms with Crippen molar-refractivity contribution >= 4 is 17.3 Å². The summed E-state index contributed by atoms with van der Waals surface area (Å²) in [6.45, 7) is 4.50. The maximum Gasteiger partial charge on any atom is 0.153 e. The van der Waals surface area contributed by atoms with E-state index in [1.807, 2.05) is 6.07 Å². The third kappa shape index (κ3) is 2.59. The quantitative estimate of drug-likeness (QED) is 0.792. The van der Waals surface area contributed by atoms with Gasteiger partial charge in [0.05, 0.1) is 11.9 Å². The molecule has 1 aromatic heterocycles. The van der Waals surface area contributed by atoms with Crippen molar-refractivity contribution in [3.05, 3.63) is 17.4 Å². The number of nitrogens with zero attached hydrogens (tertiary/aromatic N) is 3. The highest BCUT2D eigenvalue weighted by atomic mass is 35.5. The van der Waals surface area contributed by atoms with Crippen molar-refractivity contribution in [2.24, 2.45) is 5.92 Å². The maximum atomic E-state index is 5.82. The molecule has 0 N–H and O–H groups in total. The van der Waals surface area contributed by atoms with Gasteiger partial charge in [-0.1, -0.05) is 24.9 Å². The highest BCUT2D eigenvalue weighted by Gasteiger charge is 2.22. The van der Waals surface area contributed by atoms with Crippen molar-refractivity contribution in [1.82, 2.24) is 10.2 Å². The molecule has 0 radical (unpaired) electrons. The van der Waals surface area contributed by atoms with Gasteiger partial charge in [0.15, 0.2) is 5.15 Å². The number of halogens is 1. The first-order valence-corrected chi connectivity index (χ1v) is 5.90. The highest BCUT2D eigenvalue weighted by molar-refractivity contribution is 6.29. The van der Waals surface area contributed by atoms with Gasteiger partial charge in [0.25, 0.3) is 0 Å². The van der Waals surface area contributed by atoms with Crippen LogP contribution in [0.3, 0.4) is 0 Å². The van der Waals surface area contributed by atoms with Crippen LogP contribution in [0.4, 0.5) is 5.69 Å². The summed E-state index contributed by atoms with van der Waals surface area (Å²) in [6.07, 6.45) is 5.67. The number of aromatic nitrogens is 2. The first-order chi connectivity index (χ1) is 7.29. The molecule has 2 heterocycles. The first-order valence-electron chi connectivity index (χ1n) is 5.52. The van der Waals surface area contributed by atoms with E-state index >= 15 is 0 Å². The third-order valence-corrected chi connectivity index (χ3v) is 3.14. The molecule has 0 saturated carbocycles. The lowest BCUT2D eigenvalue weighted by Gasteiger charge is -2.17. The number of hydrogen-bond acceptors (Lipinski definition) is 3. The van der Waals surface area contributed by atoms with E-state index in [-0.39, 0.29) is 0 Å². The average molecular weight is 226 g/mol. The highest BCUT2D eigenvalue weighted by Crippen LogP contribution is 2.26. The van der Waals surface area contributed by atoms with Gasteiger partial charge >= 0.3 is 0 Å². The van der Waals surface area contributed by atoms with Crippen LogP contribution >= 0.6 is 11.6 Å². The van der Waals surface area contributed by atoms with E-state index in [9.17, 15) is 0 Å². The Kier molecular flexibility index (Phi) is 3.41. The molecule has 0 aromatic carbocycles. The summed E-state index contributed by atoms with van der Waals surface area (Å²) >= 11 is 5.82. The molecule has 4 heteroatoms. The Hall–Kier alpha value is -0.830. The smallest absolute Gasteiger partial charge is 0.153 e. The average Bonchev–Trinajstić information content (AvgIpc) is 2.67. The summed E-state index contributed by atoms with van der Waals surface area (Å²) in [7, 11) is 0. The molecule has 82 valence electrons. The number of rotatable bonds is 3. The molecule has 1 unspecified atom stereocenters. The third-order valence-electron chi connectivity index (χ3n) is 2.96. The molecule has 0 bridgehead atoms. The zero-order valence-corrected chi connectivity index (χ0v) is 9.74. The molecule has 0 amide bonds. The van der Waals surface area contributed by atoms with Crippen LogP contribution in [0.5, 0.6) is 0 Å². The fraction of sp³-hybridized carbons (Fsp3) is 0.636. The summed E-state index contributed by atoms with van der Waals surface area (Å²) in [6, 6.07) is 1.89. The molecule has 0 aliphatic carbocycles. The lowest BCUT2D eigenvalue weighted by Crippen LogP contribution is -2.19.